The maximum atomic E-state index is 12.1. The fraction of sp³-hybridized carbons (Fsp3) is 0.667. The van der Waals surface area contributed by atoms with Crippen LogP contribution in [0.2, 0.25) is 5.15 Å². The minimum atomic E-state index is -0.0903. The molecule has 0 radical (unpaired) electrons. The van der Waals surface area contributed by atoms with E-state index >= 15 is 0 Å². The molecule has 0 aliphatic heterocycles. The molecular weight excluding hydrogens is 238 g/mol. The number of carbonyl (C=O) groups excluding carboxylic acids is 1. The Morgan fingerprint density at radius 2 is 2.06 bits per heavy atom. The van der Waals surface area contributed by atoms with Crippen LogP contribution < -0.4 is 5.32 Å². The van der Waals surface area contributed by atoms with Crippen molar-refractivity contribution in [3.63, 3.8) is 0 Å². The van der Waals surface area contributed by atoms with E-state index in [0.29, 0.717) is 22.5 Å². The topological polar surface area (TPSA) is 46.9 Å². The zero-order valence-corrected chi connectivity index (χ0v) is 11.0. The van der Waals surface area contributed by atoms with E-state index in [-0.39, 0.29) is 5.91 Å². The Labute approximate surface area is 106 Å². The summed E-state index contributed by atoms with van der Waals surface area (Å²) in [7, 11) is 1.74. The summed E-state index contributed by atoms with van der Waals surface area (Å²) in [6.45, 7) is 1.81. The van der Waals surface area contributed by atoms with Gasteiger partial charge in [0, 0.05) is 13.1 Å². The Bertz CT molecular complexity index is 422. The highest BCUT2D eigenvalue weighted by atomic mass is 35.5. The molecule has 1 aliphatic rings. The molecule has 0 unspecified atom stereocenters. The van der Waals surface area contributed by atoms with Gasteiger partial charge in [0.2, 0.25) is 0 Å². The summed E-state index contributed by atoms with van der Waals surface area (Å²) < 4.78 is 1.53. The molecule has 1 saturated carbocycles. The zero-order chi connectivity index (χ0) is 12.4. The number of carbonyl (C=O) groups is 1. The first-order valence-corrected chi connectivity index (χ1v) is 6.47. The van der Waals surface area contributed by atoms with Crippen molar-refractivity contribution >= 4 is 17.5 Å². The summed E-state index contributed by atoms with van der Waals surface area (Å²) in [5.74, 6) is -0.0903. The summed E-state index contributed by atoms with van der Waals surface area (Å²) >= 11 is 6.07. The molecule has 4 nitrogen and oxygen atoms in total. The average molecular weight is 256 g/mol. The third-order valence-electron chi connectivity index (χ3n) is 3.32. The first kappa shape index (κ1) is 12.4. The number of aromatic nitrogens is 2. The van der Waals surface area contributed by atoms with Gasteiger partial charge in [-0.15, -0.1) is 0 Å². The molecule has 1 amide bonds. The Hall–Kier alpha value is -1.03. The van der Waals surface area contributed by atoms with Gasteiger partial charge >= 0.3 is 0 Å². The molecular formula is C12H18ClN3O. The maximum Gasteiger partial charge on any atom is 0.256 e. The number of amides is 1. The van der Waals surface area contributed by atoms with Crippen molar-refractivity contribution < 1.29 is 4.79 Å². The van der Waals surface area contributed by atoms with E-state index in [9.17, 15) is 4.79 Å². The Balaban J connectivity index is 2.08. The van der Waals surface area contributed by atoms with Crippen LogP contribution in [0, 0.1) is 6.92 Å². The summed E-state index contributed by atoms with van der Waals surface area (Å²) in [5, 5.41) is 7.61. The number of aryl methyl sites for hydroxylation is 2. The van der Waals surface area contributed by atoms with Gasteiger partial charge in [0.15, 0.2) is 0 Å². The van der Waals surface area contributed by atoms with Gasteiger partial charge in [0.05, 0.1) is 11.3 Å². The fourth-order valence-electron chi connectivity index (χ4n) is 2.39. The van der Waals surface area contributed by atoms with Crippen LogP contribution in [0.5, 0.6) is 0 Å². The van der Waals surface area contributed by atoms with Gasteiger partial charge in [-0.1, -0.05) is 30.9 Å². The average Bonchev–Trinajstić information content (AvgIpc) is 2.54. The molecule has 1 heterocycles. The fourth-order valence-corrected chi connectivity index (χ4v) is 2.65. The van der Waals surface area contributed by atoms with Gasteiger partial charge < -0.3 is 5.32 Å². The highest BCUT2D eigenvalue weighted by Crippen LogP contribution is 2.21. The van der Waals surface area contributed by atoms with Crippen LogP contribution in [0.3, 0.4) is 0 Å². The van der Waals surface area contributed by atoms with Crippen molar-refractivity contribution in [3.8, 4) is 0 Å². The molecule has 5 heteroatoms. The monoisotopic (exact) mass is 255 g/mol. The predicted molar refractivity (Wildman–Crippen MR) is 67.3 cm³/mol. The smallest absolute Gasteiger partial charge is 0.256 e. The van der Waals surface area contributed by atoms with Gasteiger partial charge in [-0.05, 0) is 19.8 Å². The van der Waals surface area contributed by atoms with Gasteiger partial charge in [-0.3, -0.25) is 9.48 Å². The quantitative estimate of drug-likeness (QED) is 0.882. The van der Waals surface area contributed by atoms with Crippen LogP contribution >= 0.6 is 11.6 Å². The third-order valence-corrected chi connectivity index (χ3v) is 3.75. The zero-order valence-electron chi connectivity index (χ0n) is 10.3. The Kier molecular flexibility index (Phi) is 3.72. The molecule has 0 saturated heterocycles. The van der Waals surface area contributed by atoms with Crippen LogP contribution in [0.4, 0.5) is 0 Å². The summed E-state index contributed by atoms with van der Waals surface area (Å²) in [6.07, 6.45) is 5.82. The Morgan fingerprint density at radius 3 is 2.59 bits per heavy atom. The van der Waals surface area contributed by atoms with Crippen LogP contribution in [0.25, 0.3) is 0 Å². The maximum absolute atomic E-state index is 12.1. The molecule has 1 N–H and O–H groups in total. The summed E-state index contributed by atoms with van der Waals surface area (Å²) in [4.78, 5) is 12.1. The van der Waals surface area contributed by atoms with Crippen LogP contribution in [-0.2, 0) is 7.05 Å². The van der Waals surface area contributed by atoms with Gasteiger partial charge in [0.25, 0.3) is 5.91 Å². The molecule has 1 fully saturated rings. The van der Waals surface area contributed by atoms with Gasteiger partial charge in [0.1, 0.15) is 5.15 Å². The van der Waals surface area contributed by atoms with E-state index in [4.69, 9.17) is 11.6 Å². The minimum absolute atomic E-state index is 0.0903. The third kappa shape index (κ3) is 2.63. The minimum Gasteiger partial charge on any atom is -0.349 e. The highest BCUT2D eigenvalue weighted by molar-refractivity contribution is 6.33. The molecule has 2 rings (SSSR count). The van der Waals surface area contributed by atoms with E-state index in [0.717, 1.165) is 12.8 Å². The predicted octanol–water partition coefficient (Wildman–Crippen LogP) is 2.44. The van der Waals surface area contributed by atoms with Crippen molar-refractivity contribution in [3.05, 3.63) is 16.4 Å². The molecule has 94 valence electrons. The summed E-state index contributed by atoms with van der Waals surface area (Å²) in [6, 6.07) is 0.298. The van der Waals surface area contributed by atoms with Crippen molar-refractivity contribution in [1.82, 2.24) is 15.1 Å². The molecule has 0 aromatic carbocycles. The second-order valence-corrected chi connectivity index (χ2v) is 5.04. The molecule has 1 aromatic rings. The lowest BCUT2D eigenvalue weighted by Crippen LogP contribution is -2.36. The lowest BCUT2D eigenvalue weighted by atomic mass is 9.95. The molecule has 0 bridgehead atoms. The number of halogens is 1. The van der Waals surface area contributed by atoms with Crippen LogP contribution in [0.1, 0.15) is 48.2 Å². The van der Waals surface area contributed by atoms with E-state index < -0.39 is 0 Å². The SMILES string of the molecule is Cc1nn(C)c(Cl)c1C(=O)NC1CCCCC1. The highest BCUT2D eigenvalue weighted by Gasteiger charge is 2.22. The van der Waals surface area contributed by atoms with E-state index in [1.165, 1.54) is 23.9 Å². The van der Waals surface area contributed by atoms with E-state index in [1.807, 2.05) is 6.92 Å². The number of nitrogens with zero attached hydrogens (tertiary/aromatic N) is 2. The van der Waals surface area contributed by atoms with E-state index in [1.54, 1.807) is 7.05 Å². The molecule has 0 atom stereocenters. The van der Waals surface area contributed by atoms with Crippen molar-refractivity contribution in [1.29, 1.82) is 0 Å². The van der Waals surface area contributed by atoms with Gasteiger partial charge in [-0.2, -0.15) is 5.10 Å². The first-order chi connectivity index (χ1) is 8.09. The lowest BCUT2D eigenvalue weighted by molar-refractivity contribution is 0.0927. The second-order valence-electron chi connectivity index (χ2n) is 4.68. The molecule has 0 spiro atoms. The molecule has 1 aliphatic carbocycles. The van der Waals surface area contributed by atoms with Crippen LogP contribution in [0.15, 0.2) is 0 Å². The van der Waals surface area contributed by atoms with E-state index in [2.05, 4.69) is 10.4 Å². The van der Waals surface area contributed by atoms with Crippen molar-refractivity contribution in [2.24, 2.45) is 7.05 Å². The second kappa shape index (κ2) is 5.08. The lowest BCUT2D eigenvalue weighted by Gasteiger charge is -2.22. The van der Waals surface area contributed by atoms with Gasteiger partial charge in [-0.25, -0.2) is 0 Å². The number of hydrogen-bond acceptors (Lipinski definition) is 2. The summed E-state index contributed by atoms with van der Waals surface area (Å²) in [5.41, 5.74) is 1.20. The number of rotatable bonds is 2. The normalized spacial score (nSPS) is 17.1. The largest absolute Gasteiger partial charge is 0.349 e. The molecule has 1 aromatic heterocycles. The first-order valence-electron chi connectivity index (χ1n) is 6.09. The number of hydrogen-bond donors (Lipinski definition) is 1. The Morgan fingerprint density at radius 1 is 1.41 bits per heavy atom. The number of nitrogens with one attached hydrogen (secondary N) is 1. The van der Waals surface area contributed by atoms with Crippen molar-refractivity contribution in [2.75, 3.05) is 0 Å². The molecule has 17 heavy (non-hydrogen) atoms. The van der Waals surface area contributed by atoms with Crippen LogP contribution in [-0.4, -0.2) is 21.7 Å². The van der Waals surface area contributed by atoms with Crippen molar-refractivity contribution in [2.45, 2.75) is 45.1 Å². The standard InChI is InChI=1S/C12H18ClN3O/c1-8-10(11(13)16(2)15-8)12(17)14-9-6-4-3-5-7-9/h9H,3-7H2,1-2H3,(H,14,17).